The largest absolute Gasteiger partial charge is 0.468 e. The lowest BCUT2D eigenvalue weighted by Crippen LogP contribution is -2.16. The Labute approximate surface area is 108 Å². The van der Waals surface area contributed by atoms with Gasteiger partial charge in [-0.15, -0.1) is 10.2 Å². The number of carbonyl (C=O) groups excluding carboxylic acids is 2. The van der Waals surface area contributed by atoms with Crippen molar-refractivity contribution in [2.24, 2.45) is 0 Å². The van der Waals surface area contributed by atoms with Crippen LogP contribution in [0.3, 0.4) is 0 Å². The van der Waals surface area contributed by atoms with Crippen LogP contribution in [0.25, 0.3) is 0 Å². The second kappa shape index (κ2) is 6.84. The van der Waals surface area contributed by atoms with E-state index in [2.05, 4.69) is 14.9 Å². The van der Waals surface area contributed by atoms with Gasteiger partial charge in [0, 0.05) is 0 Å². The third-order valence-corrected chi connectivity index (χ3v) is 2.83. The number of anilines is 1. The van der Waals surface area contributed by atoms with Crippen LogP contribution in [0, 0.1) is 0 Å². The van der Waals surface area contributed by atoms with Gasteiger partial charge in [-0.25, -0.2) is 0 Å². The van der Waals surface area contributed by atoms with Crippen molar-refractivity contribution in [3.05, 3.63) is 0 Å². The molecule has 0 unspecified atom stereocenters. The standard InChI is InChI=1S/C9H14N4O4S/c1-3-17-6(14)4-13-8(10)11-12-9(13)18-5-7(15)16-2/h3-5H2,1-2H3,(H2,10,11). The molecule has 0 aliphatic heterocycles. The highest BCUT2D eigenvalue weighted by molar-refractivity contribution is 7.99. The summed E-state index contributed by atoms with van der Waals surface area (Å²) in [6.07, 6.45) is 0. The van der Waals surface area contributed by atoms with Gasteiger partial charge in [0.25, 0.3) is 0 Å². The van der Waals surface area contributed by atoms with Gasteiger partial charge in [-0.3, -0.25) is 14.2 Å². The van der Waals surface area contributed by atoms with E-state index in [9.17, 15) is 9.59 Å². The summed E-state index contributed by atoms with van der Waals surface area (Å²) in [5.41, 5.74) is 5.58. The number of aromatic nitrogens is 3. The van der Waals surface area contributed by atoms with Crippen molar-refractivity contribution in [2.45, 2.75) is 18.6 Å². The van der Waals surface area contributed by atoms with Crippen molar-refractivity contribution in [2.75, 3.05) is 25.2 Å². The highest BCUT2D eigenvalue weighted by Gasteiger charge is 2.15. The summed E-state index contributed by atoms with van der Waals surface area (Å²) in [6, 6.07) is 0. The van der Waals surface area contributed by atoms with Gasteiger partial charge in [-0.2, -0.15) is 0 Å². The lowest BCUT2D eigenvalue weighted by molar-refractivity contribution is -0.144. The van der Waals surface area contributed by atoms with Crippen molar-refractivity contribution >= 4 is 29.6 Å². The smallest absolute Gasteiger partial charge is 0.326 e. The Balaban J connectivity index is 2.69. The summed E-state index contributed by atoms with van der Waals surface area (Å²) in [5.74, 6) is -0.680. The maximum absolute atomic E-state index is 11.4. The molecule has 0 fully saturated rings. The van der Waals surface area contributed by atoms with Crippen molar-refractivity contribution in [3.8, 4) is 0 Å². The molecule has 0 aliphatic rings. The molecule has 0 bridgehead atoms. The lowest BCUT2D eigenvalue weighted by atomic mass is 10.6. The highest BCUT2D eigenvalue weighted by atomic mass is 32.2. The van der Waals surface area contributed by atoms with E-state index in [0.717, 1.165) is 11.8 Å². The summed E-state index contributed by atoms with van der Waals surface area (Å²) in [7, 11) is 1.29. The van der Waals surface area contributed by atoms with E-state index in [4.69, 9.17) is 10.5 Å². The molecule has 2 N–H and O–H groups in total. The molecule has 0 saturated carbocycles. The molecule has 0 aromatic carbocycles. The van der Waals surface area contributed by atoms with E-state index in [1.807, 2.05) is 0 Å². The van der Waals surface area contributed by atoms with E-state index in [-0.39, 0.29) is 24.9 Å². The van der Waals surface area contributed by atoms with Crippen molar-refractivity contribution < 1.29 is 19.1 Å². The number of nitrogen functional groups attached to an aromatic ring is 1. The van der Waals surface area contributed by atoms with Crippen LogP contribution in [0.4, 0.5) is 5.95 Å². The maximum Gasteiger partial charge on any atom is 0.326 e. The van der Waals surface area contributed by atoms with Crippen LogP contribution in [0.5, 0.6) is 0 Å². The molecule has 0 saturated heterocycles. The zero-order valence-corrected chi connectivity index (χ0v) is 10.9. The van der Waals surface area contributed by atoms with E-state index in [0.29, 0.717) is 5.16 Å². The molecular formula is C9H14N4O4S. The molecule has 1 aromatic rings. The van der Waals surface area contributed by atoms with Crippen molar-refractivity contribution in [1.82, 2.24) is 14.8 Å². The van der Waals surface area contributed by atoms with Crippen LogP contribution in [0.15, 0.2) is 5.16 Å². The molecule has 1 aromatic heterocycles. The number of methoxy groups -OCH3 is 1. The molecular weight excluding hydrogens is 260 g/mol. The fourth-order valence-corrected chi connectivity index (χ4v) is 1.85. The minimum Gasteiger partial charge on any atom is -0.468 e. The van der Waals surface area contributed by atoms with Crippen LogP contribution in [-0.4, -0.2) is 46.2 Å². The Morgan fingerprint density at radius 3 is 2.72 bits per heavy atom. The number of nitrogens with zero attached hydrogens (tertiary/aromatic N) is 3. The lowest BCUT2D eigenvalue weighted by Gasteiger charge is -2.06. The number of rotatable bonds is 6. The zero-order chi connectivity index (χ0) is 13.5. The second-order valence-corrected chi connectivity index (χ2v) is 4.04. The predicted molar refractivity (Wildman–Crippen MR) is 63.8 cm³/mol. The molecule has 0 amide bonds. The minimum absolute atomic E-state index is 0.0669. The quantitative estimate of drug-likeness (QED) is 0.555. The van der Waals surface area contributed by atoms with Crippen LogP contribution >= 0.6 is 11.8 Å². The topological polar surface area (TPSA) is 109 Å². The Morgan fingerprint density at radius 1 is 1.39 bits per heavy atom. The average molecular weight is 274 g/mol. The molecule has 1 heterocycles. The number of carbonyl (C=O) groups is 2. The number of thioether (sulfide) groups is 1. The summed E-state index contributed by atoms with van der Waals surface area (Å²) in [5, 5.41) is 7.78. The van der Waals surface area contributed by atoms with Gasteiger partial charge in [0.15, 0.2) is 5.16 Å². The first-order valence-corrected chi connectivity index (χ1v) is 6.11. The first-order chi connectivity index (χ1) is 8.58. The average Bonchev–Trinajstić information content (AvgIpc) is 2.68. The molecule has 0 spiro atoms. The SMILES string of the molecule is CCOC(=O)Cn1c(N)nnc1SCC(=O)OC. The van der Waals surface area contributed by atoms with E-state index in [1.165, 1.54) is 11.7 Å². The number of ether oxygens (including phenoxy) is 2. The van der Waals surface area contributed by atoms with Gasteiger partial charge < -0.3 is 15.2 Å². The Morgan fingerprint density at radius 2 is 2.11 bits per heavy atom. The second-order valence-electron chi connectivity index (χ2n) is 3.10. The number of nitrogens with two attached hydrogens (primary N) is 1. The van der Waals surface area contributed by atoms with Crippen molar-refractivity contribution in [3.63, 3.8) is 0 Å². The van der Waals surface area contributed by atoms with Gasteiger partial charge in [-0.05, 0) is 6.92 Å². The van der Waals surface area contributed by atoms with E-state index in [1.54, 1.807) is 6.92 Å². The monoisotopic (exact) mass is 274 g/mol. The van der Waals surface area contributed by atoms with Gasteiger partial charge in [0.1, 0.15) is 6.54 Å². The van der Waals surface area contributed by atoms with Gasteiger partial charge in [-0.1, -0.05) is 11.8 Å². The van der Waals surface area contributed by atoms with E-state index >= 15 is 0 Å². The molecule has 1 rings (SSSR count). The fourth-order valence-electron chi connectivity index (χ4n) is 1.07. The predicted octanol–water partition coefficient (Wildman–Crippen LogP) is -0.312. The molecule has 0 atom stereocenters. The zero-order valence-electron chi connectivity index (χ0n) is 10.1. The summed E-state index contributed by atoms with van der Waals surface area (Å²) in [6.45, 7) is 1.90. The molecule has 18 heavy (non-hydrogen) atoms. The van der Waals surface area contributed by atoms with Gasteiger partial charge in [0.05, 0.1) is 19.5 Å². The third-order valence-electron chi connectivity index (χ3n) is 1.88. The van der Waals surface area contributed by atoms with Crippen LogP contribution < -0.4 is 5.73 Å². The number of esters is 2. The first-order valence-electron chi connectivity index (χ1n) is 5.12. The number of hydrogen-bond donors (Lipinski definition) is 1. The van der Waals surface area contributed by atoms with Gasteiger partial charge >= 0.3 is 11.9 Å². The fraction of sp³-hybridized carbons (Fsp3) is 0.556. The molecule has 0 radical (unpaired) electrons. The minimum atomic E-state index is -0.441. The highest BCUT2D eigenvalue weighted by Crippen LogP contribution is 2.18. The third kappa shape index (κ3) is 3.91. The Bertz CT molecular complexity index is 434. The summed E-state index contributed by atoms with van der Waals surface area (Å²) in [4.78, 5) is 22.4. The molecule has 100 valence electrons. The Kier molecular flexibility index (Phi) is 5.43. The summed E-state index contributed by atoms with van der Waals surface area (Å²) >= 11 is 1.09. The molecule has 9 heteroatoms. The van der Waals surface area contributed by atoms with Crippen LogP contribution in [0.2, 0.25) is 0 Å². The first kappa shape index (κ1) is 14.3. The molecule has 8 nitrogen and oxygen atoms in total. The maximum atomic E-state index is 11.4. The molecule has 0 aliphatic carbocycles. The van der Waals surface area contributed by atoms with E-state index < -0.39 is 11.9 Å². The van der Waals surface area contributed by atoms with Crippen LogP contribution in [-0.2, 0) is 25.6 Å². The van der Waals surface area contributed by atoms with Crippen LogP contribution in [0.1, 0.15) is 6.92 Å². The summed E-state index contributed by atoms with van der Waals surface area (Å²) < 4.78 is 10.7. The number of hydrogen-bond acceptors (Lipinski definition) is 8. The Hall–Kier alpha value is -1.77. The van der Waals surface area contributed by atoms with Crippen molar-refractivity contribution in [1.29, 1.82) is 0 Å². The normalized spacial score (nSPS) is 10.1. The van der Waals surface area contributed by atoms with Gasteiger partial charge in [0.2, 0.25) is 5.95 Å².